The maximum Gasteiger partial charge on any atom is 0.115 e. The predicted molar refractivity (Wildman–Crippen MR) is 95.6 cm³/mol. The molecule has 2 aromatic carbocycles. The largest absolute Gasteiger partial charge is 0.508 e. The number of phenols is 1. The fourth-order valence-electron chi connectivity index (χ4n) is 3.21. The summed E-state index contributed by atoms with van der Waals surface area (Å²) < 4.78 is 0. The maximum atomic E-state index is 9.64. The van der Waals surface area contributed by atoms with Crippen LogP contribution in [-0.2, 0) is 19.6 Å². The molecule has 0 aromatic heterocycles. The highest BCUT2D eigenvalue weighted by Gasteiger charge is 2.17. The fraction of sp³-hybridized carbons (Fsp3) is 0.400. The first-order valence-corrected chi connectivity index (χ1v) is 8.66. The van der Waals surface area contributed by atoms with Gasteiger partial charge in [0.1, 0.15) is 5.75 Å². The molecule has 4 heteroatoms. The maximum absolute atomic E-state index is 9.64. The van der Waals surface area contributed by atoms with Crippen LogP contribution in [0.5, 0.6) is 5.75 Å². The quantitative estimate of drug-likeness (QED) is 0.764. The second-order valence-electron chi connectivity index (χ2n) is 6.55. The molecule has 0 saturated carbocycles. The van der Waals surface area contributed by atoms with E-state index in [4.69, 9.17) is 0 Å². The van der Waals surface area contributed by atoms with E-state index in [1.807, 2.05) is 12.1 Å². The van der Waals surface area contributed by atoms with Gasteiger partial charge in [-0.3, -0.25) is 4.90 Å². The summed E-state index contributed by atoms with van der Waals surface area (Å²) in [5, 5.41) is 22.6. The van der Waals surface area contributed by atoms with Gasteiger partial charge in [0, 0.05) is 32.7 Å². The normalized spacial score (nSPS) is 16.4. The Labute approximate surface area is 143 Å². The number of nitrogens with zero attached hydrogens (tertiary/aromatic N) is 1. The summed E-state index contributed by atoms with van der Waals surface area (Å²) in [6.45, 7) is 4.41. The van der Waals surface area contributed by atoms with Gasteiger partial charge in [0.2, 0.25) is 0 Å². The van der Waals surface area contributed by atoms with Crippen LogP contribution in [0, 0.1) is 0 Å². The van der Waals surface area contributed by atoms with E-state index < -0.39 is 0 Å². The third-order valence-electron chi connectivity index (χ3n) is 4.62. The molecule has 2 aromatic rings. The molecule has 0 spiro atoms. The minimum atomic E-state index is -0.125. The Hall–Kier alpha value is -1.88. The van der Waals surface area contributed by atoms with Gasteiger partial charge < -0.3 is 15.5 Å². The summed E-state index contributed by atoms with van der Waals surface area (Å²) in [6, 6.07) is 15.9. The van der Waals surface area contributed by atoms with Crippen molar-refractivity contribution >= 4 is 0 Å². The molecule has 1 aliphatic rings. The van der Waals surface area contributed by atoms with Crippen molar-refractivity contribution in [1.29, 1.82) is 0 Å². The molecule has 3 rings (SSSR count). The zero-order valence-corrected chi connectivity index (χ0v) is 14.0. The summed E-state index contributed by atoms with van der Waals surface area (Å²) in [5.41, 5.74) is 3.73. The molecule has 0 atom stereocenters. The predicted octanol–water partition coefficient (Wildman–Crippen LogP) is 2.64. The molecule has 1 fully saturated rings. The van der Waals surface area contributed by atoms with Crippen LogP contribution in [-0.4, -0.2) is 34.3 Å². The Morgan fingerprint density at radius 2 is 1.71 bits per heavy atom. The van der Waals surface area contributed by atoms with Gasteiger partial charge in [0.05, 0.1) is 6.10 Å². The number of aromatic hydroxyl groups is 1. The van der Waals surface area contributed by atoms with Crippen molar-refractivity contribution in [2.24, 2.45) is 0 Å². The lowest BCUT2D eigenvalue weighted by atomic mass is 10.0. The van der Waals surface area contributed by atoms with Gasteiger partial charge in [0.25, 0.3) is 0 Å². The second-order valence-corrected chi connectivity index (χ2v) is 6.55. The Kier molecular flexibility index (Phi) is 5.86. The number of piperidine rings is 1. The number of hydrogen-bond donors (Lipinski definition) is 3. The van der Waals surface area contributed by atoms with Gasteiger partial charge >= 0.3 is 0 Å². The van der Waals surface area contributed by atoms with Crippen molar-refractivity contribution in [3.05, 3.63) is 65.2 Å². The molecule has 3 N–H and O–H groups in total. The molecule has 0 aliphatic carbocycles. The summed E-state index contributed by atoms with van der Waals surface area (Å²) in [6.07, 6.45) is 1.62. The van der Waals surface area contributed by atoms with E-state index in [-0.39, 0.29) is 6.10 Å². The van der Waals surface area contributed by atoms with Gasteiger partial charge in [-0.2, -0.15) is 0 Å². The lowest BCUT2D eigenvalue weighted by Crippen LogP contribution is -2.35. The molecule has 0 radical (unpaired) electrons. The number of nitrogens with one attached hydrogen (secondary N) is 1. The van der Waals surface area contributed by atoms with Crippen molar-refractivity contribution in [3.8, 4) is 5.75 Å². The van der Waals surface area contributed by atoms with Crippen LogP contribution >= 0.6 is 0 Å². The summed E-state index contributed by atoms with van der Waals surface area (Å²) in [5.74, 6) is 0.307. The molecule has 1 heterocycles. The molecule has 0 amide bonds. The Bertz CT molecular complexity index is 652. The molecule has 4 nitrogen and oxygen atoms in total. The number of hydrogen-bond acceptors (Lipinski definition) is 4. The minimum absolute atomic E-state index is 0.125. The zero-order valence-electron chi connectivity index (χ0n) is 14.0. The second kappa shape index (κ2) is 8.29. The highest BCUT2D eigenvalue weighted by molar-refractivity contribution is 5.28. The van der Waals surface area contributed by atoms with Crippen molar-refractivity contribution in [1.82, 2.24) is 10.2 Å². The van der Waals surface area contributed by atoms with E-state index in [0.717, 1.165) is 51.1 Å². The first kappa shape index (κ1) is 17.0. The van der Waals surface area contributed by atoms with Crippen LogP contribution < -0.4 is 5.32 Å². The summed E-state index contributed by atoms with van der Waals surface area (Å²) in [4.78, 5) is 2.42. The smallest absolute Gasteiger partial charge is 0.115 e. The molecular weight excluding hydrogens is 300 g/mol. The lowest BCUT2D eigenvalue weighted by Gasteiger charge is -2.30. The van der Waals surface area contributed by atoms with Gasteiger partial charge in [-0.25, -0.2) is 0 Å². The van der Waals surface area contributed by atoms with Gasteiger partial charge in [-0.15, -0.1) is 0 Å². The van der Waals surface area contributed by atoms with Crippen LogP contribution in [0.3, 0.4) is 0 Å². The topological polar surface area (TPSA) is 55.7 Å². The molecule has 0 bridgehead atoms. The monoisotopic (exact) mass is 326 g/mol. The van der Waals surface area contributed by atoms with E-state index in [0.29, 0.717) is 5.75 Å². The van der Waals surface area contributed by atoms with Gasteiger partial charge in [-0.05, 0) is 41.7 Å². The van der Waals surface area contributed by atoms with E-state index in [1.165, 1.54) is 11.1 Å². The molecule has 1 saturated heterocycles. The number of aliphatic hydroxyl groups excluding tert-OH is 1. The Morgan fingerprint density at radius 3 is 2.46 bits per heavy atom. The van der Waals surface area contributed by atoms with Crippen molar-refractivity contribution in [2.45, 2.75) is 38.6 Å². The highest BCUT2D eigenvalue weighted by Crippen LogP contribution is 2.17. The fourth-order valence-corrected chi connectivity index (χ4v) is 3.21. The zero-order chi connectivity index (χ0) is 16.8. The third-order valence-corrected chi connectivity index (χ3v) is 4.62. The molecule has 0 unspecified atom stereocenters. The van der Waals surface area contributed by atoms with Crippen molar-refractivity contribution in [3.63, 3.8) is 0 Å². The van der Waals surface area contributed by atoms with E-state index in [9.17, 15) is 10.2 Å². The van der Waals surface area contributed by atoms with Gasteiger partial charge in [-0.1, -0.05) is 36.4 Å². The Morgan fingerprint density at radius 1 is 0.958 bits per heavy atom. The van der Waals surface area contributed by atoms with Crippen LogP contribution in [0.2, 0.25) is 0 Å². The molecule has 24 heavy (non-hydrogen) atoms. The number of rotatable bonds is 6. The van der Waals surface area contributed by atoms with E-state index >= 15 is 0 Å². The molecule has 128 valence electrons. The minimum Gasteiger partial charge on any atom is -0.508 e. The first-order chi connectivity index (χ1) is 11.7. The number of phenolic OH excluding ortho intramolecular Hbond substituents is 1. The van der Waals surface area contributed by atoms with Crippen molar-refractivity contribution < 1.29 is 10.2 Å². The van der Waals surface area contributed by atoms with E-state index in [2.05, 4.69) is 34.5 Å². The summed E-state index contributed by atoms with van der Waals surface area (Å²) in [7, 11) is 0. The number of likely N-dealkylation sites (tertiary alicyclic amines) is 1. The van der Waals surface area contributed by atoms with Crippen LogP contribution in [0.25, 0.3) is 0 Å². The number of aliphatic hydroxyl groups is 1. The van der Waals surface area contributed by atoms with Crippen LogP contribution in [0.4, 0.5) is 0 Å². The summed E-state index contributed by atoms with van der Waals surface area (Å²) >= 11 is 0. The lowest BCUT2D eigenvalue weighted by molar-refractivity contribution is 0.0791. The molecule has 1 aliphatic heterocycles. The average molecular weight is 326 g/mol. The number of benzene rings is 2. The third kappa shape index (κ3) is 4.81. The molecular formula is C20H26N2O2. The van der Waals surface area contributed by atoms with Crippen LogP contribution in [0.15, 0.2) is 48.5 Å². The average Bonchev–Trinajstić information content (AvgIpc) is 2.58. The SMILES string of the molecule is Oc1cccc(CNCc2ccccc2CN2CCC(O)CC2)c1. The van der Waals surface area contributed by atoms with Crippen LogP contribution in [0.1, 0.15) is 29.5 Å². The first-order valence-electron chi connectivity index (χ1n) is 8.66. The van der Waals surface area contributed by atoms with E-state index in [1.54, 1.807) is 12.1 Å². The highest BCUT2D eigenvalue weighted by atomic mass is 16.3. The van der Waals surface area contributed by atoms with Gasteiger partial charge in [0.15, 0.2) is 0 Å². The Balaban J connectivity index is 1.55. The van der Waals surface area contributed by atoms with Crippen molar-refractivity contribution in [2.75, 3.05) is 13.1 Å². The standard InChI is InChI=1S/C20H26N2O2/c23-19-8-10-22(11-9-19)15-18-6-2-1-5-17(18)14-21-13-16-4-3-7-20(24)12-16/h1-7,12,19,21,23-24H,8-11,13-15H2.